The molecule has 0 bridgehead atoms. The summed E-state index contributed by atoms with van der Waals surface area (Å²) < 4.78 is 7.62. The zero-order valence-corrected chi connectivity index (χ0v) is 14.3. The van der Waals surface area contributed by atoms with Gasteiger partial charge in [0.05, 0.1) is 12.0 Å². The number of amides is 1. The summed E-state index contributed by atoms with van der Waals surface area (Å²) in [6, 6.07) is 15.6. The third-order valence-corrected chi connectivity index (χ3v) is 3.93. The number of carbonyl (C=O) groups is 1. The van der Waals surface area contributed by atoms with Crippen LogP contribution in [0.2, 0.25) is 0 Å². The Balaban J connectivity index is 1.62. The molecule has 1 unspecified atom stereocenters. The lowest BCUT2D eigenvalue weighted by molar-refractivity contribution is -0.127. The first-order chi connectivity index (χ1) is 12.1. The first-order valence-corrected chi connectivity index (χ1v) is 8.21. The predicted octanol–water partition coefficient (Wildman–Crippen LogP) is 3.26. The molecule has 1 N–H and O–H groups in total. The van der Waals surface area contributed by atoms with Crippen molar-refractivity contribution in [3.8, 4) is 11.4 Å². The molecule has 1 aromatic heterocycles. The van der Waals surface area contributed by atoms with Gasteiger partial charge in [-0.15, -0.1) is 0 Å². The Morgan fingerprint density at radius 3 is 2.68 bits per heavy atom. The number of hydrogen-bond acceptors (Lipinski definition) is 3. The third-order valence-electron chi connectivity index (χ3n) is 3.93. The number of aromatic nitrogens is 2. The molecule has 0 radical (unpaired) electrons. The number of ether oxygens (including phenoxy) is 1. The van der Waals surface area contributed by atoms with E-state index >= 15 is 0 Å². The molecule has 128 valence electrons. The van der Waals surface area contributed by atoms with E-state index in [-0.39, 0.29) is 5.91 Å². The molecule has 1 amide bonds. The summed E-state index contributed by atoms with van der Waals surface area (Å²) in [4.78, 5) is 16.4. The first kappa shape index (κ1) is 16.8. The minimum Gasteiger partial charge on any atom is -0.481 e. The van der Waals surface area contributed by atoms with Crippen LogP contribution in [0.4, 0.5) is 0 Å². The van der Waals surface area contributed by atoms with Gasteiger partial charge in [0.2, 0.25) is 0 Å². The highest BCUT2D eigenvalue weighted by Crippen LogP contribution is 2.15. The number of para-hydroxylation sites is 1. The van der Waals surface area contributed by atoms with E-state index in [1.165, 1.54) is 0 Å². The van der Waals surface area contributed by atoms with Crippen LogP contribution in [0.3, 0.4) is 0 Å². The van der Waals surface area contributed by atoms with Crippen LogP contribution in [0.1, 0.15) is 18.1 Å². The fraction of sp³-hybridized carbons (Fsp3) is 0.200. The Bertz CT molecular complexity index is 826. The van der Waals surface area contributed by atoms with E-state index in [0.29, 0.717) is 12.3 Å². The fourth-order valence-electron chi connectivity index (χ4n) is 2.51. The van der Waals surface area contributed by atoms with Crippen molar-refractivity contribution in [1.29, 1.82) is 0 Å². The molecule has 0 aliphatic heterocycles. The van der Waals surface area contributed by atoms with E-state index in [0.717, 1.165) is 16.8 Å². The number of aryl methyl sites for hydroxylation is 1. The molecular weight excluding hydrogens is 314 g/mol. The standard InChI is InChI=1S/C20H21N3O2/c1-15-7-9-18(10-8-15)25-16(2)20(24)22-13-17-5-3-4-6-19(17)23-12-11-21-14-23/h3-12,14,16H,13H2,1-2H3,(H,22,24). The lowest BCUT2D eigenvalue weighted by Crippen LogP contribution is -2.36. The summed E-state index contributed by atoms with van der Waals surface area (Å²) in [7, 11) is 0. The number of carbonyl (C=O) groups excluding carboxylic acids is 1. The predicted molar refractivity (Wildman–Crippen MR) is 96.7 cm³/mol. The van der Waals surface area contributed by atoms with E-state index in [2.05, 4.69) is 10.3 Å². The van der Waals surface area contributed by atoms with Gasteiger partial charge >= 0.3 is 0 Å². The first-order valence-electron chi connectivity index (χ1n) is 8.21. The summed E-state index contributed by atoms with van der Waals surface area (Å²) in [6.45, 7) is 4.18. The SMILES string of the molecule is Cc1ccc(OC(C)C(=O)NCc2ccccc2-n2ccnc2)cc1. The van der Waals surface area contributed by atoms with Gasteiger partial charge in [0, 0.05) is 18.9 Å². The second-order valence-electron chi connectivity index (χ2n) is 5.89. The number of benzene rings is 2. The van der Waals surface area contributed by atoms with Crippen LogP contribution in [0.15, 0.2) is 67.3 Å². The van der Waals surface area contributed by atoms with Crippen LogP contribution in [0, 0.1) is 6.92 Å². The number of hydrogen-bond donors (Lipinski definition) is 1. The van der Waals surface area contributed by atoms with Crippen LogP contribution in [0.5, 0.6) is 5.75 Å². The Morgan fingerprint density at radius 2 is 1.96 bits per heavy atom. The van der Waals surface area contributed by atoms with Crippen LogP contribution < -0.4 is 10.1 Å². The zero-order valence-electron chi connectivity index (χ0n) is 14.3. The highest BCUT2D eigenvalue weighted by Gasteiger charge is 2.15. The lowest BCUT2D eigenvalue weighted by Gasteiger charge is -2.16. The smallest absolute Gasteiger partial charge is 0.261 e. The molecule has 5 heteroatoms. The highest BCUT2D eigenvalue weighted by atomic mass is 16.5. The van der Waals surface area contributed by atoms with Gasteiger partial charge in [-0.05, 0) is 37.6 Å². The molecule has 1 atom stereocenters. The lowest BCUT2D eigenvalue weighted by atomic mass is 10.1. The quantitative estimate of drug-likeness (QED) is 0.752. The number of rotatable bonds is 6. The van der Waals surface area contributed by atoms with E-state index in [1.807, 2.05) is 66.2 Å². The summed E-state index contributed by atoms with van der Waals surface area (Å²) in [6.07, 6.45) is 4.78. The summed E-state index contributed by atoms with van der Waals surface area (Å²) in [5.41, 5.74) is 3.16. The van der Waals surface area contributed by atoms with Crippen molar-refractivity contribution < 1.29 is 9.53 Å². The average molecular weight is 335 g/mol. The molecule has 2 aromatic carbocycles. The minimum atomic E-state index is -0.567. The molecule has 1 heterocycles. The summed E-state index contributed by atoms with van der Waals surface area (Å²) >= 11 is 0. The number of nitrogens with zero attached hydrogens (tertiary/aromatic N) is 2. The van der Waals surface area contributed by atoms with Gasteiger partial charge in [0.1, 0.15) is 5.75 Å². The molecule has 0 aliphatic rings. The number of nitrogens with one attached hydrogen (secondary N) is 1. The van der Waals surface area contributed by atoms with Crippen LogP contribution in [-0.4, -0.2) is 21.6 Å². The molecule has 0 aliphatic carbocycles. The van der Waals surface area contributed by atoms with Gasteiger partial charge in [-0.2, -0.15) is 0 Å². The van der Waals surface area contributed by atoms with Crippen LogP contribution in [0.25, 0.3) is 5.69 Å². The van der Waals surface area contributed by atoms with Crippen molar-refractivity contribution in [2.45, 2.75) is 26.5 Å². The summed E-state index contributed by atoms with van der Waals surface area (Å²) in [5, 5.41) is 2.94. The molecule has 0 spiro atoms. The molecule has 0 saturated carbocycles. The van der Waals surface area contributed by atoms with E-state index < -0.39 is 6.10 Å². The van der Waals surface area contributed by atoms with Gasteiger partial charge in [-0.1, -0.05) is 35.9 Å². The van der Waals surface area contributed by atoms with Crippen molar-refractivity contribution in [3.63, 3.8) is 0 Å². The third kappa shape index (κ3) is 4.26. The van der Waals surface area contributed by atoms with Crippen LogP contribution in [-0.2, 0) is 11.3 Å². The van der Waals surface area contributed by atoms with Gasteiger partial charge in [0.25, 0.3) is 5.91 Å². The Labute approximate surface area is 147 Å². The maximum Gasteiger partial charge on any atom is 0.261 e. The van der Waals surface area contributed by atoms with Crippen molar-refractivity contribution in [2.24, 2.45) is 0 Å². The number of imidazole rings is 1. The Kier molecular flexibility index (Phi) is 5.14. The Morgan fingerprint density at radius 1 is 1.20 bits per heavy atom. The van der Waals surface area contributed by atoms with Gasteiger partial charge in [-0.25, -0.2) is 4.98 Å². The molecular formula is C20H21N3O2. The maximum atomic E-state index is 12.3. The second kappa shape index (κ2) is 7.66. The van der Waals surface area contributed by atoms with Crippen molar-refractivity contribution in [1.82, 2.24) is 14.9 Å². The molecule has 3 rings (SSSR count). The molecule has 0 fully saturated rings. The van der Waals surface area contributed by atoms with Gasteiger partial charge < -0.3 is 14.6 Å². The monoisotopic (exact) mass is 335 g/mol. The largest absolute Gasteiger partial charge is 0.481 e. The highest BCUT2D eigenvalue weighted by molar-refractivity contribution is 5.80. The normalized spacial score (nSPS) is 11.8. The molecule has 5 nitrogen and oxygen atoms in total. The molecule has 25 heavy (non-hydrogen) atoms. The topological polar surface area (TPSA) is 56.1 Å². The molecule has 0 saturated heterocycles. The molecule has 3 aromatic rings. The van der Waals surface area contributed by atoms with Crippen LogP contribution >= 0.6 is 0 Å². The van der Waals surface area contributed by atoms with Gasteiger partial charge in [-0.3, -0.25) is 4.79 Å². The minimum absolute atomic E-state index is 0.152. The summed E-state index contributed by atoms with van der Waals surface area (Å²) in [5.74, 6) is 0.535. The van der Waals surface area contributed by atoms with Crippen molar-refractivity contribution in [3.05, 3.63) is 78.4 Å². The zero-order chi connectivity index (χ0) is 17.6. The maximum absolute atomic E-state index is 12.3. The van der Waals surface area contributed by atoms with Gasteiger partial charge in [0.15, 0.2) is 6.10 Å². The second-order valence-corrected chi connectivity index (χ2v) is 5.89. The Hall–Kier alpha value is -3.08. The average Bonchev–Trinajstić information content (AvgIpc) is 3.16. The van der Waals surface area contributed by atoms with Crippen molar-refractivity contribution >= 4 is 5.91 Å². The van der Waals surface area contributed by atoms with E-state index in [4.69, 9.17) is 4.74 Å². The van der Waals surface area contributed by atoms with E-state index in [9.17, 15) is 4.79 Å². The van der Waals surface area contributed by atoms with Crippen molar-refractivity contribution in [2.75, 3.05) is 0 Å². The fourth-order valence-corrected chi connectivity index (χ4v) is 2.51. The van der Waals surface area contributed by atoms with E-state index in [1.54, 1.807) is 19.4 Å².